The van der Waals surface area contributed by atoms with E-state index in [4.69, 9.17) is 9.47 Å². The van der Waals surface area contributed by atoms with Crippen LogP contribution >= 0.6 is 0 Å². The van der Waals surface area contributed by atoms with Crippen molar-refractivity contribution in [3.8, 4) is 16.9 Å². The van der Waals surface area contributed by atoms with Crippen LogP contribution in [0.15, 0.2) is 42.6 Å². The average Bonchev–Trinajstić information content (AvgIpc) is 3.10. The van der Waals surface area contributed by atoms with E-state index in [1.165, 1.54) is 0 Å². The summed E-state index contributed by atoms with van der Waals surface area (Å²) in [5.74, 6) is 2.21. The van der Waals surface area contributed by atoms with E-state index < -0.39 is 0 Å². The molecule has 2 aromatic heterocycles. The zero-order chi connectivity index (χ0) is 21.1. The fourth-order valence-electron chi connectivity index (χ4n) is 3.56. The number of hydrogen-bond donors (Lipinski definition) is 0. The van der Waals surface area contributed by atoms with Crippen molar-refractivity contribution < 1.29 is 14.3 Å². The molecule has 0 saturated carbocycles. The molecular formula is C22H25N5O3. The molecule has 0 N–H and O–H groups in total. The lowest BCUT2D eigenvalue weighted by Gasteiger charge is -2.32. The number of rotatable bonds is 5. The number of carbonyl (C=O) groups excluding carboxylic acids is 1. The van der Waals surface area contributed by atoms with Crippen LogP contribution in [0.4, 0.5) is 0 Å². The highest BCUT2D eigenvalue weighted by atomic mass is 16.5. The van der Waals surface area contributed by atoms with E-state index in [2.05, 4.69) is 15.1 Å². The third-order valence-corrected chi connectivity index (χ3v) is 5.19. The van der Waals surface area contributed by atoms with Gasteiger partial charge in [-0.05, 0) is 37.6 Å². The molecule has 156 valence electrons. The maximum absolute atomic E-state index is 12.8. The highest BCUT2D eigenvalue weighted by Gasteiger charge is 2.27. The molecule has 8 heteroatoms. The maximum atomic E-state index is 12.8. The Bertz CT molecular complexity index is 1030. The number of pyridine rings is 1. The van der Waals surface area contributed by atoms with Crippen molar-refractivity contribution in [1.82, 2.24) is 24.6 Å². The summed E-state index contributed by atoms with van der Waals surface area (Å²) < 4.78 is 12.8. The normalized spacial score (nSPS) is 16.5. The molecule has 0 bridgehead atoms. The van der Waals surface area contributed by atoms with E-state index in [0.29, 0.717) is 25.5 Å². The van der Waals surface area contributed by atoms with Gasteiger partial charge in [-0.2, -0.15) is 5.10 Å². The minimum atomic E-state index is -0.249. The molecule has 1 aliphatic heterocycles. The number of aromatic nitrogens is 4. The molecule has 0 spiro atoms. The molecule has 0 unspecified atom stereocenters. The molecule has 1 fully saturated rings. The molecular weight excluding hydrogens is 382 g/mol. The van der Waals surface area contributed by atoms with Gasteiger partial charge < -0.3 is 14.4 Å². The molecule has 1 aromatic carbocycles. The molecule has 0 aliphatic carbocycles. The van der Waals surface area contributed by atoms with Crippen LogP contribution in [0.5, 0.6) is 5.75 Å². The van der Waals surface area contributed by atoms with Gasteiger partial charge in [0.1, 0.15) is 30.0 Å². The van der Waals surface area contributed by atoms with Crippen LogP contribution in [0.3, 0.4) is 0 Å². The summed E-state index contributed by atoms with van der Waals surface area (Å²) >= 11 is 0. The first-order valence-corrected chi connectivity index (χ1v) is 9.91. The van der Waals surface area contributed by atoms with Crippen molar-refractivity contribution in [3.63, 3.8) is 0 Å². The smallest absolute Gasteiger partial charge is 0.244 e. The van der Waals surface area contributed by atoms with Gasteiger partial charge in [0.2, 0.25) is 5.91 Å². The number of carbonyl (C=O) groups is 1. The van der Waals surface area contributed by atoms with E-state index in [1.807, 2.05) is 61.3 Å². The van der Waals surface area contributed by atoms with Gasteiger partial charge in [0.15, 0.2) is 0 Å². The molecule has 8 nitrogen and oxygen atoms in total. The molecule has 1 amide bonds. The van der Waals surface area contributed by atoms with Gasteiger partial charge in [-0.15, -0.1) is 0 Å². The van der Waals surface area contributed by atoms with Crippen LogP contribution in [-0.2, 0) is 16.1 Å². The average molecular weight is 407 g/mol. The Morgan fingerprint density at radius 2 is 2.10 bits per heavy atom. The number of morpholine rings is 1. The number of ether oxygens (including phenoxy) is 2. The third kappa shape index (κ3) is 4.33. The molecule has 1 saturated heterocycles. The van der Waals surface area contributed by atoms with Crippen molar-refractivity contribution in [3.05, 3.63) is 59.9 Å². The molecule has 30 heavy (non-hydrogen) atoms. The van der Waals surface area contributed by atoms with Crippen LogP contribution in [0.25, 0.3) is 11.1 Å². The van der Waals surface area contributed by atoms with E-state index in [9.17, 15) is 4.79 Å². The Balaban J connectivity index is 1.44. The zero-order valence-corrected chi connectivity index (χ0v) is 17.4. The quantitative estimate of drug-likeness (QED) is 0.647. The Hall–Kier alpha value is -3.26. The highest BCUT2D eigenvalue weighted by Crippen LogP contribution is 2.26. The second-order valence-electron chi connectivity index (χ2n) is 7.27. The van der Waals surface area contributed by atoms with Crippen LogP contribution < -0.4 is 4.74 Å². The lowest BCUT2D eigenvalue weighted by atomic mass is 10.1. The number of aryl methyl sites for hydroxylation is 2. The first-order valence-electron chi connectivity index (χ1n) is 9.91. The van der Waals surface area contributed by atoms with Gasteiger partial charge in [0.05, 0.1) is 26.0 Å². The minimum absolute atomic E-state index is 0.00398. The topological polar surface area (TPSA) is 82.4 Å². The second-order valence-corrected chi connectivity index (χ2v) is 7.27. The Morgan fingerprint density at radius 1 is 1.23 bits per heavy atom. The van der Waals surface area contributed by atoms with E-state index >= 15 is 0 Å². The number of amides is 1. The fourth-order valence-corrected chi connectivity index (χ4v) is 3.56. The Kier molecular flexibility index (Phi) is 5.76. The zero-order valence-electron chi connectivity index (χ0n) is 17.4. The lowest BCUT2D eigenvalue weighted by Crippen LogP contribution is -2.44. The van der Waals surface area contributed by atoms with Crippen molar-refractivity contribution in [1.29, 1.82) is 0 Å². The van der Waals surface area contributed by atoms with Crippen molar-refractivity contribution in [2.24, 2.45) is 0 Å². The minimum Gasteiger partial charge on any atom is -0.497 e. The maximum Gasteiger partial charge on any atom is 0.244 e. The molecule has 4 rings (SSSR count). The first-order chi connectivity index (χ1) is 14.5. The molecule has 1 atom stereocenters. The summed E-state index contributed by atoms with van der Waals surface area (Å²) in [7, 11) is 1.65. The van der Waals surface area contributed by atoms with Gasteiger partial charge in [-0.3, -0.25) is 9.78 Å². The summed E-state index contributed by atoms with van der Waals surface area (Å²) in [6.45, 7) is 5.36. The number of benzene rings is 1. The van der Waals surface area contributed by atoms with E-state index in [1.54, 1.807) is 11.8 Å². The highest BCUT2D eigenvalue weighted by molar-refractivity contribution is 5.76. The van der Waals surface area contributed by atoms with Crippen LogP contribution in [-0.4, -0.2) is 57.4 Å². The van der Waals surface area contributed by atoms with Crippen molar-refractivity contribution in [2.75, 3.05) is 26.8 Å². The second kappa shape index (κ2) is 8.62. The van der Waals surface area contributed by atoms with E-state index in [-0.39, 0.29) is 18.6 Å². The predicted molar refractivity (Wildman–Crippen MR) is 111 cm³/mol. The third-order valence-electron chi connectivity index (χ3n) is 5.19. The Labute approximate surface area is 175 Å². The Morgan fingerprint density at radius 3 is 2.80 bits per heavy atom. The van der Waals surface area contributed by atoms with Crippen molar-refractivity contribution in [2.45, 2.75) is 26.5 Å². The van der Waals surface area contributed by atoms with E-state index in [0.717, 1.165) is 28.4 Å². The van der Waals surface area contributed by atoms with Crippen LogP contribution in [0, 0.1) is 13.8 Å². The lowest BCUT2D eigenvalue weighted by molar-refractivity contribution is -0.140. The number of nitrogens with zero attached hydrogens (tertiary/aromatic N) is 5. The van der Waals surface area contributed by atoms with Crippen LogP contribution in [0.1, 0.15) is 23.4 Å². The van der Waals surface area contributed by atoms with Crippen LogP contribution in [0.2, 0.25) is 0 Å². The van der Waals surface area contributed by atoms with Crippen molar-refractivity contribution >= 4 is 5.91 Å². The molecule has 0 radical (unpaired) electrons. The van der Waals surface area contributed by atoms with Gasteiger partial charge in [-0.1, -0.05) is 18.2 Å². The predicted octanol–water partition coefficient (Wildman–Crippen LogP) is 2.57. The van der Waals surface area contributed by atoms with Gasteiger partial charge in [0.25, 0.3) is 0 Å². The fraction of sp³-hybridized carbons (Fsp3) is 0.364. The monoisotopic (exact) mass is 407 g/mol. The standard InChI is InChI=1S/C22H25N5O3/c1-15-24-16(2)27(25-15)14-22(28)26-9-10-30-21(13-26)20-8-7-18(12-23-20)17-5-4-6-19(11-17)29-3/h4-8,11-12,21H,9-10,13-14H2,1-3H3/t21-/m0/s1. The summed E-state index contributed by atoms with van der Waals surface area (Å²) in [6, 6.07) is 11.8. The number of methoxy groups -OCH3 is 1. The summed E-state index contributed by atoms with van der Waals surface area (Å²) in [6.07, 6.45) is 1.58. The summed E-state index contributed by atoms with van der Waals surface area (Å²) in [5, 5.41) is 4.28. The summed E-state index contributed by atoms with van der Waals surface area (Å²) in [4.78, 5) is 23.4. The molecule has 3 aromatic rings. The van der Waals surface area contributed by atoms with Gasteiger partial charge in [-0.25, -0.2) is 9.67 Å². The van der Waals surface area contributed by atoms with Gasteiger partial charge >= 0.3 is 0 Å². The molecule has 3 heterocycles. The first kappa shape index (κ1) is 20.0. The largest absolute Gasteiger partial charge is 0.497 e. The number of hydrogen-bond acceptors (Lipinski definition) is 6. The molecule has 1 aliphatic rings. The summed E-state index contributed by atoms with van der Waals surface area (Å²) in [5.41, 5.74) is 2.85. The van der Waals surface area contributed by atoms with Gasteiger partial charge in [0, 0.05) is 18.3 Å². The SMILES string of the molecule is COc1cccc(-c2ccc([C@@H]3CN(C(=O)Cn4nc(C)nc4C)CCO3)nc2)c1.